The summed E-state index contributed by atoms with van der Waals surface area (Å²) in [5, 5.41) is 10.9. The molecule has 40 heavy (non-hydrogen) atoms. The van der Waals surface area contributed by atoms with E-state index in [1.54, 1.807) is 32.9 Å². The highest BCUT2D eigenvalue weighted by molar-refractivity contribution is 7.89. The van der Waals surface area contributed by atoms with Crippen molar-refractivity contribution in [2.45, 2.75) is 75.8 Å². The summed E-state index contributed by atoms with van der Waals surface area (Å²) in [5.74, 6) is -1.75. The molecule has 0 saturated carbocycles. The van der Waals surface area contributed by atoms with Gasteiger partial charge in [-0.3, -0.25) is 14.7 Å². The van der Waals surface area contributed by atoms with Crippen molar-refractivity contribution in [3.63, 3.8) is 0 Å². The van der Waals surface area contributed by atoms with Crippen LogP contribution in [-0.2, 0) is 26.2 Å². The van der Waals surface area contributed by atoms with Crippen LogP contribution in [0.25, 0.3) is 10.9 Å². The maximum Gasteiger partial charge on any atom is 0.410 e. The van der Waals surface area contributed by atoms with Gasteiger partial charge >= 0.3 is 12.1 Å². The lowest BCUT2D eigenvalue weighted by atomic mass is 9.85. The van der Waals surface area contributed by atoms with E-state index in [-0.39, 0.29) is 11.5 Å². The Balaban J connectivity index is 1.31. The standard InChI is InChI=1S/C29H33N3O7S/c1-17-15-18(21-7-5-6-8-22(21)30-17)16-38-19-9-11-20(12-10-19)40(36,37)31-26-24-14-13-23(25(26)27(33)34)32(24)28(35)39-29(2,3)4/h5-12,15,23-26,31H,13-14,16H2,1-4H3,(H,33,34). The van der Waals surface area contributed by atoms with E-state index in [1.165, 1.54) is 17.0 Å². The molecule has 2 fully saturated rings. The van der Waals surface area contributed by atoms with Crippen LogP contribution in [0.15, 0.2) is 59.5 Å². The number of hydrogen-bond acceptors (Lipinski definition) is 7. The van der Waals surface area contributed by atoms with Crippen LogP contribution in [0, 0.1) is 12.8 Å². The Morgan fingerprint density at radius 3 is 2.42 bits per heavy atom. The lowest BCUT2D eigenvalue weighted by molar-refractivity contribution is -0.143. The first-order valence-electron chi connectivity index (χ1n) is 13.2. The minimum atomic E-state index is -4.09. The third kappa shape index (κ3) is 5.48. The van der Waals surface area contributed by atoms with Crippen molar-refractivity contribution in [1.82, 2.24) is 14.6 Å². The third-order valence-corrected chi connectivity index (χ3v) is 8.80. The molecule has 2 aromatic carbocycles. The van der Waals surface area contributed by atoms with Crippen LogP contribution in [0.2, 0.25) is 0 Å². The number of sulfonamides is 1. The van der Waals surface area contributed by atoms with Crippen molar-refractivity contribution in [3.05, 3.63) is 65.9 Å². The highest BCUT2D eigenvalue weighted by Crippen LogP contribution is 2.43. The molecule has 0 aliphatic carbocycles. The van der Waals surface area contributed by atoms with Gasteiger partial charge in [-0.15, -0.1) is 0 Å². The van der Waals surface area contributed by atoms with Crippen LogP contribution in [0.3, 0.4) is 0 Å². The molecule has 0 radical (unpaired) electrons. The van der Waals surface area contributed by atoms with E-state index in [0.29, 0.717) is 18.6 Å². The fraction of sp³-hybridized carbons (Fsp3) is 0.414. The van der Waals surface area contributed by atoms with E-state index >= 15 is 0 Å². The van der Waals surface area contributed by atoms with Crippen LogP contribution in [0.4, 0.5) is 4.79 Å². The minimum Gasteiger partial charge on any atom is -0.489 e. The summed E-state index contributed by atoms with van der Waals surface area (Å²) in [6.45, 7) is 7.38. The number of aromatic nitrogens is 1. The Morgan fingerprint density at radius 1 is 1.07 bits per heavy atom. The smallest absolute Gasteiger partial charge is 0.410 e. The maximum atomic E-state index is 13.3. The quantitative estimate of drug-likeness (QED) is 0.433. The molecule has 2 aliphatic heterocycles. The van der Waals surface area contributed by atoms with Crippen LogP contribution in [0.1, 0.15) is 44.9 Å². The molecule has 2 N–H and O–H groups in total. The Hall–Kier alpha value is -3.70. The van der Waals surface area contributed by atoms with Gasteiger partial charge in [0, 0.05) is 16.6 Å². The molecule has 3 heterocycles. The SMILES string of the molecule is Cc1cc(COc2ccc(S(=O)(=O)NC3C(C(=O)O)C4CCC3N4C(=O)OC(C)(C)C)cc2)c2ccccc2n1. The second-order valence-corrected chi connectivity index (χ2v) is 13.0. The first kappa shape index (κ1) is 27.9. The van der Waals surface area contributed by atoms with Crippen LogP contribution < -0.4 is 9.46 Å². The first-order chi connectivity index (χ1) is 18.8. The monoisotopic (exact) mass is 567 g/mol. The minimum absolute atomic E-state index is 0.0271. The largest absolute Gasteiger partial charge is 0.489 e. The van der Waals surface area contributed by atoms with Gasteiger partial charge in [-0.2, -0.15) is 0 Å². The summed E-state index contributed by atoms with van der Waals surface area (Å²) in [6, 6.07) is 13.5. The molecule has 10 nitrogen and oxygen atoms in total. The van der Waals surface area contributed by atoms with Gasteiger partial charge in [-0.25, -0.2) is 17.9 Å². The molecule has 2 saturated heterocycles. The molecule has 11 heteroatoms. The second-order valence-electron chi connectivity index (χ2n) is 11.3. The van der Waals surface area contributed by atoms with Crippen LogP contribution in [0.5, 0.6) is 5.75 Å². The molecule has 212 valence electrons. The zero-order chi connectivity index (χ0) is 28.8. The summed E-state index contributed by atoms with van der Waals surface area (Å²) < 4.78 is 40.7. The highest BCUT2D eigenvalue weighted by Gasteiger charge is 2.59. The van der Waals surface area contributed by atoms with E-state index in [2.05, 4.69) is 9.71 Å². The van der Waals surface area contributed by atoms with Gasteiger partial charge in [0.1, 0.15) is 18.0 Å². The molecule has 3 aromatic rings. The summed E-state index contributed by atoms with van der Waals surface area (Å²) in [4.78, 5) is 31.0. The number of aliphatic carboxylic acids is 1. The summed E-state index contributed by atoms with van der Waals surface area (Å²) >= 11 is 0. The van der Waals surface area contributed by atoms with Crippen molar-refractivity contribution in [2.24, 2.45) is 5.92 Å². The number of hydrogen-bond donors (Lipinski definition) is 2. The van der Waals surface area contributed by atoms with E-state index in [4.69, 9.17) is 9.47 Å². The Labute approximate surface area is 233 Å². The van der Waals surface area contributed by atoms with Gasteiger partial charge in [-0.1, -0.05) is 18.2 Å². The molecular weight excluding hydrogens is 534 g/mol. The average Bonchev–Trinajstić information content (AvgIpc) is 3.43. The number of fused-ring (bicyclic) bond motifs is 3. The van der Waals surface area contributed by atoms with E-state index in [1.807, 2.05) is 37.3 Å². The van der Waals surface area contributed by atoms with Crippen molar-refractivity contribution >= 4 is 33.0 Å². The molecule has 5 rings (SSSR count). The number of para-hydroxylation sites is 1. The fourth-order valence-corrected chi connectivity index (χ4v) is 7.03. The zero-order valence-corrected chi connectivity index (χ0v) is 23.6. The van der Waals surface area contributed by atoms with E-state index < -0.39 is 51.7 Å². The lowest BCUT2D eigenvalue weighted by Gasteiger charge is -2.28. The Morgan fingerprint density at radius 2 is 1.75 bits per heavy atom. The van der Waals surface area contributed by atoms with E-state index in [0.717, 1.165) is 22.2 Å². The van der Waals surface area contributed by atoms with Gasteiger partial charge < -0.3 is 14.6 Å². The number of amides is 1. The van der Waals surface area contributed by atoms with Crippen molar-refractivity contribution in [2.75, 3.05) is 0 Å². The summed E-state index contributed by atoms with van der Waals surface area (Å²) in [5.41, 5.74) is 1.95. The highest BCUT2D eigenvalue weighted by atomic mass is 32.2. The fourth-order valence-electron chi connectivity index (χ4n) is 5.74. The average molecular weight is 568 g/mol. The number of rotatable bonds is 7. The van der Waals surface area contributed by atoms with Crippen molar-refractivity contribution < 1.29 is 32.6 Å². The van der Waals surface area contributed by atoms with Crippen molar-refractivity contribution in [3.8, 4) is 5.75 Å². The molecular formula is C29H33N3O7S. The number of aryl methyl sites for hydroxylation is 1. The first-order valence-corrected chi connectivity index (χ1v) is 14.7. The van der Waals surface area contributed by atoms with Crippen LogP contribution in [-0.4, -0.2) is 59.2 Å². The number of carboxylic acid groups (broad SMARTS) is 1. The summed E-state index contributed by atoms with van der Waals surface area (Å²) in [7, 11) is -4.09. The van der Waals surface area contributed by atoms with Gasteiger partial charge in [0.25, 0.3) is 0 Å². The number of carbonyl (C=O) groups excluding carboxylic acids is 1. The zero-order valence-electron chi connectivity index (χ0n) is 22.8. The Bertz CT molecular complexity index is 1550. The maximum absolute atomic E-state index is 13.3. The molecule has 1 aromatic heterocycles. The number of benzene rings is 2. The molecule has 4 unspecified atom stereocenters. The number of carbonyl (C=O) groups is 2. The lowest BCUT2D eigenvalue weighted by Crippen LogP contribution is -2.50. The van der Waals surface area contributed by atoms with Crippen molar-refractivity contribution in [1.29, 1.82) is 0 Å². The number of ether oxygens (including phenoxy) is 2. The summed E-state index contributed by atoms with van der Waals surface area (Å²) in [6.07, 6.45) is 0.320. The predicted molar refractivity (Wildman–Crippen MR) is 147 cm³/mol. The molecule has 4 atom stereocenters. The predicted octanol–water partition coefficient (Wildman–Crippen LogP) is 4.25. The number of carboxylic acids is 1. The third-order valence-electron chi connectivity index (χ3n) is 7.33. The topological polar surface area (TPSA) is 135 Å². The molecule has 0 spiro atoms. The van der Waals surface area contributed by atoms with Gasteiger partial charge in [0.2, 0.25) is 10.0 Å². The number of nitrogens with one attached hydrogen (secondary N) is 1. The molecule has 2 bridgehead atoms. The van der Waals surface area contributed by atoms with Gasteiger partial charge in [0.15, 0.2) is 0 Å². The Kier molecular flexibility index (Phi) is 7.22. The molecule has 2 aliphatic rings. The molecule has 1 amide bonds. The normalized spacial score (nSPS) is 22.4. The second kappa shape index (κ2) is 10.4. The number of nitrogens with zero attached hydrogens (tertiary/aromatic N) is 2. The van der Waals surface area contributed by atoms with Crippen LogP contribution >= 0.6 is 0 Å². The van der Waals surface area contributed by atoms with E-state index in [9.17, 15) is 23.1 Å². The van der Waals surface area contributed by atoms with Gasteiger partial charge in [-0.05, 0) is 76.9 Å². The van der Waals surface area contributed by atoms with Gasteiger partial charge in [0.05, 0.1) is 34.5 Å². The number of pyridine rings is 1.